The second-order valence-electron chi connectivity index (χ2n) is 5.46. The van der Waals surface area contributed by atoms with Crippen LogP contribution in [0.3, 0.4) is 0 Å². The molecule has 1 aromatic rings. The average molecular weight is 293 g/mol. The number of benzene rings is 1. The first-order valence-electron chi connectivity index (χ1n) is 6.75. The zero-order valence-corrected chi connectivity index (χ0v) is 12.9. The number of carboxylic acid groups (broad SMARTS) is 1. The molecule has 1 atom stereocenters. The van der Waals surface area contributed by atoms with E-state index in [9.17, 15) is 9.59 Å². The van der Waals surface area contributed by atoms with Gasteiger partial charge in [0.15, 0.2) is 0 Å². The Kier molecular flexibility index (Phi) is 5.72. The van der Waals surface area contributed by atoms with Gasteiger partial charge in [-0.05, 0) is 63.2 Å². The zero-order valence-electron chi connectivity index (χ0n) is 12.9. The summed E-state index contributed by atoms with van der Waals surface area (Å²) >= 11 is 0. The molecule has 0 radical (unpaired) electrons. The standard InChI is InChI=1S/C15H23N3O3/c1-9-5-11(14(16)19)6-10(2)13(9)7-12(18(3)4)8-17-15(20)21/h5-6,12,17H,7-8H2,1-4H3,(H2,16,19)(H,20,21)/t12-/m0/s1. The molecule has 2 amide bonds. The highest BCUT2D eigenvalue weighted by atomic mass is 16.4. The Bertz CT molecular complexity index is 518. The number of hydrogen-bond acceptors (Lipinski definition) is 3. The van der Waals surface area contributed by atoms with Gasteiger partial charge in [-0.15, -0.1) is 0 Å². The first-order valence-corrected chi connectivity index (χ1v) is 6.75. The maximum atomic E-state index is 11.3. The molecule has 0 aromatic heterocycles. The summed E-state index contributed by atoms with van der Waals surface area (Å²) in [7, 11) is 3.83. The van der Waals surface area contributed by atoms with E-state index in [2.05, 4.69) is 5.32 Å². The van der Waals surface area contributed by atoms with Gasteiger partial charge in [-0.2, -0.15) is 0 Å². The highest BCUT2D eigenvalue weighted by Gasteiger charge is 2.17. The normalized spacial score (nSPS) is 12.2. The third-order valence-corrected chi connectivity index (χ3v) is 3.64. The van der Waals surface area contributed by atoms with Crippen molar-refractivity contribution >= 4 is 12.0 Å². The fraction of sp³-hybridized carbons (Fsp3) is 0.467. The van der Waals surface area contributed by atoms with Crippen molar-refractivity contribution in [3.8, 4) is 0 Å². The summed E-state index contributed by atoms with van der Waals surface area (Å²) in [5.41, 5.74) is 8.91. The number of amides is 2. The molecule has 0 fully saturated rings. The Morgan fingerprint density at radius 2 is 1.81 bits per heavy atom. The molecule has 0 saturated heterocycles. The van der Waals surface area contributed by atoms with Crippen LogP contribution in [0.2, 0.25) is 0 Å². The van der Waals surface area contributed by atoms with Gasteiger partial charge < -0.3 is 21.1 Å². The molecule has 0 heterocycles. The second-order valence-corrected chi connectivity index (χ2v) is 5.46. The fourth-order valence-electron chi connectivity index (χ4n) is 2.34. The lowest BCUT2D eigenvalue weighted by Crippen LogP contribution is -2.41. The monoisotopic (exact) mass is 293 g/mol. The lowest BCUT2D eigenvalue weighted by atomic mass is 9.93. The van der Waals surface area contributed by atoms with Gasteiger partial charge >= 0.3 is 6.09 Å². The van der Waals surface area contributed by atoms with Crippen LogP contribution in [0.5, 0.6) is 0 Å². The number of carbonyl (C=O) groups excluding carboxylic acids is 1. The molecule has 0 aliphatic carbocycles. The van der Waals surface area contributed by atoms with Crippen molar-refractivity contribution in [2.45, 2.75) is 26.3 Å². The van der Waals surface area contributed by atoms with Crippen LogP contribution >= 0.6 is 0 Å². The Balaban J connectivity index is 2.98. The van der Waals surface area contributed by atoms with E-state index in [-0.39, 0.29) is 6.04 Å². The Morgan fingerprint density at radius 1 is 1.29 bits per heavy atom. The van der Waals surface area contributed by atoms with Crippen molar-refractivity contribution in [3.05, 3.63) is 34.4 Å². The summed E-state index contributed by atoms with van der Waals surface area (Å²) < 4.78 is 0. The van der Waals surface area contributed by atoms with Gasteiger partial charge in [0, 0.05) is 18.2 Å². The summed E-state index contributed by atoms with van der Waals surface area (Å²) in [5.74, 6) is -0.440. The number of aryl methyl sites for hydroxylation is 2. The van der Waals surface area contributed by atoms with Crippen LogP contribution in [0.15, 0.2) is 12.1 Å². The summed E-state index contributed by atoms with van der Waals surface area (Å²) in [6.45, 7) is 4.22. The molecule has 6 heteroatoms. The maximum absolute atomic E-state index is 11.3. The second kappa shape index (κ2) is 7.08. The number of likely N-dealkylation sites (N-methyl/N-ethyl adjacent to an activating group) is 1. The Morgan fingerprint density at radius 3 is 2.19 bits per heavy atom. The molecule has 0 unspecified atom stereocenters. The molecule has 0 aliphatic rings. The Labute approximate surface area is 124 Å². The van der Waals surface area contributed by atoms with Gasteiger partial charge in [-0.25, -0.2) is 4.79 Å². The fourth-order valence-corrected chi connectivity index (χ4v) is 2.34. The van der Waals surface area contributed by atoms with E-state index >= 15 is 0 Å². The van der Waals surface area contributed by atoms with Crippen molar-refractivity contribution < 1.29 is 14.7 Å². The van der Waals surface area contributed by atoms with Crippen molar-refractivity contribution in [2.24, 2.45) is 5.73 Å². The first kappa shape index (κ1) is 17.0. The van der Waals surface area contributed by atoms with Gasteiger partial charge in [-0.1, -0.05) is 0 Å². The summed E-state index contributed by atoms with van der Waals surface area (Å²) in [6.07, 6.45) is -0.330. The van der Waals surface area contributed by atoms with Crippen LogP contribution in [-0.4, -0.2) is 48.7 Å². The predicted octanol–water partition coefficient (Wildman–Crippen LogP) is 1.14. The van der Waals surface area contributed by atoms with Gasteiger partial charge in [0.25, 0.3) is 0 Å². The lowest BCUT2D eigenvalue weighted by Gasteiger charge is -2.26. The molecule has 21 heavy (non-hydrogen) atoms. The van der Waals surface area contributed by atoms with Gasteiger partial charge in [0.2, 0.25) is 5.91 Å². The van der Waals surface area contributed by atoms with E-state index in [1.165, 1.54) is 0 Å². The molecular weight excluding hydrogens is 270 g/mol. The highest BCUT2D eigenvalue weighted by molar-refractivity contribution is 5.93. The van der Waals surface area contributed by atoms with Crippen molar-refractivity contribution in [2.75, 3.05) is 20.6 Å². The average Bonchev–Trinajstić information content (AvgIpc) is 2.35. The van der Waals surface area contributed by atoms with Crippen molar-refractivity contribution in [1.82, 2.24) is 10.2 Å². The minimum atomic E-state index is -1.03. The number of primary amides is 1. The summed E-state index contributed by atoms with van der Waals surface area (Å²) in [4.78, 5) is 23.9. The van der Waals surface area contributed by atoms with Crippen LogP contribution in [0.1, 0.15) is 27.0 Å². The largest absolute Gasteiger partial charge is 0.465 e. The third kappa shape index (κ3) is 4.75. The molecule has 116 valence electrons. The number of hydrogen-bond donors (Lipinski definition) is 3. The topological polar surface area (TPSA) is 95.7 Å². The number of nitrogens with two attached hydrogens (primary N) is 1. The molecule has 0 bridgehead atoms. The van der Waals surface area contributed by atoms with Crippen LogP contribution in [0.25, 0.3) is 0 Å². The highest BCUT2D eigenvalue weighted by Crippen LogP contribution is 2.19. The quantitative estimate of drug-likeness (QED) is 0.733. The van der Waals surface area contributed by atoms with Gasteiger partial charge in [0.05, 0.1) is 0 Å². The molecule has 6 nitrogen and oxygen atoms in total. The van der Waals surface area contributed by atoms with E-state index in [0.717, 1.165) is 16.7 Å². The van der Waals surface area contributed by atoms with Crippen molar-refractivity contribution in [3.63, 3.8) is 0 Å². The van der Waals surface area contributed by atoms with Crippen LogP contribution < -0.4 is 11.1 Å². The number of nitrogens with one attached hydrogen (secondary N) is 1. The van der Waals surface area contributed by atoms with Crippen LogP contribution in [-0.2, 0) is 6.42 Å². The molecule has 4 N–H and O–H groups in total. The SMILES string of the molecule is Cc1cc(C(N)=O)cc(C)c1C[C@@H](CNC(=O)O)N(C)C. The van der Waals surface area contributed by atoms with E-state index < -0.39 is 12.0 Å². The zero-order chi connectivity index (χ0) is 16.2. The first-order chi connectivity index (χ1) is 9.72. The van der Waals surface area contributed by atoms with E-state index in [4.69, 9.17) is 10.8 Å². The van der Waals surface area contributed by atoms with E-state index in [1.54, 1.807) is 12.1 Å². The minimum Gasteiger partial charge on any atom is -0.465 e. The van der Waals surface area contributed by atoms with Gasteiger partial charge in [-0.3, -0.25) is 4.79 Å². The smallest absolute Gasteiger partial charge is 0.404 e. The summed E-state index contributed by atoms with van der Waals surface area (Å²) in [5, 5.41) is 11.2. The number of nitrogens with zero attached hydrogens (tertiary/aromatic N) is 1. The summed E-state index contributed by atoms with van der Waals surface area (Å²) in [6, 6.07) is 3.60. The van der Waals surface area contributed by atoms with E-state index in [0.29, 0.717) is 18.5 Å². The van der Waals surface area contributed by atoms with E-state index in [1.807, 2.05) is 32.8 Å². The third-order valence-electron chi connectivity index (χ3n) is 3.64. The van der Waals surface area contributed by atoms with Gasteiger partial charge in [0.1, 0.15) is 0 Å². The Hall–Kier alpha value is -2.08. The number of carbonyl (C=O) groups is 2. The maximum Gasteiger partial charge on any atom is 0.404 e. The van der Waals surface area contributed by atoms with Crippen LogP contribution in [0, 0.1) is 13.8 Å². The van der Waals surface area contributed by atoms with Crippen LogP contribution in [0.4, 0.5) is 4.79 Å². The molecule has 1 rings (SSSR count). The molecule has 0 aliphatic heterocycles. The lowest BCUT2D eigenvalue weighted by molar-refractivity contribution is 0.1000. The van der Waals surface area contributed by atoms with Crippen molar-refractivity contribution in [1.29, 1.82) is 0 Å². The minimum absolute atomic E-state index is 0.0397. The molecule has 1 aromatic carbocycles. The predicted molar refractivity (Wildman–Crippen MR) is 81.6 cm³/mol. The number of rotatable bonds is 6. The molecule has 0 saturated carbocycles. The molecule has 0 spiro atoms. The molecular formula is C15H23N3O3.